The van der Waals surface area contributed by atoms with E-state index in [0.717, 1.165) is 0 Å². The van der Waals surface area contributed by atoms with Gasteiger partial charge in [-0.05, 0) is 30.5 Å². The molecule has 0 aliphatic carbocycles. The third-order valence-electron chi connectivity index (χ3n) is 4.85. The molecule has 1 rings (SSSR count). The van der Waals surface area contributed by atoms with Crippen molar-refractivity contribution in [1.82, 2.24) is 16.0 Å². The molecule has 0 aromatic heterocycles. The van der Waals surface area contributed by atoms with E-state index in [1.165, 1.54) is 12.1 Å². The smallest absolute Gasteiger partial charge is 0.326 e. The fourth-order valence-electron chi connectivity index (χ4n) is 2.92. The Kier molecular flexibility index (Phi) is 12.2. The van der Waals surface area contributed by atoms with Crippen molar-refractivity contribution >= 4 is 48.2 Å². The van der Waals surface area contributed by atoms with Crippen molar-refractivity contribution in [2.24, 2.45) is 11.5 Å². The lowest BCUT2D eigenvalue weighted by Crippen LogP contribution is -2.58. The van der Waals surface area contributed by atoms with E-state index in [2.05, 4.69) is 28.6 Å². The van der Waals surface area contributed by atoms with Crippen LogP contribution in [-0.2, 0) is 35.2 Å². The second-order valence-electron chi connectivity index (χ2n) is 7.78. The predicted octanol–water partition coefficient (Wildman–Crippen LogP) is -2.53. The minimum Gasteiger partial charge on any atom is -0.508 e. The molecule has 4 unspecified atom stereocenters. The van der Waals surface area contributed by atoms with Crippen LogP contribution in [-0.4, -0.2) is 80.8 Å². The number of phenolic OH excluding ortho intramolecular Hbond substituents is 1. The van der Waals surface area contributed by atoms with Crippen molar-refractivity contribution in [2.75, 3.05) is 5.75 Å². The number of thiol groups is 1. The summed E-state index contributed by atoms with van der Waals surface area (Å²) in [6.07, 6.45) is -1.52. The van der Waals surface area contributed by atoms with E-state index in [9.17, 15) is 39.0 Å². The molecule has 10 N–H and O–H groups in total. The van der Waals surface area contributed by atoms with Crippen molar-refractivity contribution in [3.63, 3.8) is 0 Å². The maximum absolute atomic E-state index is 12.7. The van der Waals surface area contributed by atoms with Crippen LogP contribution in [0.5, 0.6) is 5.75 Å². The Labute approximate surface area is 211 Å². The number of carboxylic acid groups (broad SMARTS) is 2. The number of hydrogen-bond acceptors (Lipinski definition) is 9. The number of amides is 4. The number of benzene rings is 1. The average molecular weight is 528 g/mol. The number of rotatable bonds is 15. The van der Waals surface area contributed by atoms with E-state index in [-0.39, 0.29) is 30.8 Å². The predicted molar refractivity (Wildman–Crippen MR) is 128 cm³/mol. The fraction of sp³-hybridized carbons (Fsp3) is 0.429. The molecule has 0 saturated carbocycles. The summed E-state index contributed by atoms with van der Waals surface area (Å²) in [5.74, 6) is -6.78. The SMILES string of the molecule is NC(=O)CCC(NC(=O)C(CC(=O)O)NC(=O)C(CS)NC(=O)C(N)Cc1ccc(O)cc1)C(=O)O. The molecule has 1 aromatic rings. The molecule has 0 fully saturated rings. The van der Waals surface area contributed by atoms with Crippen LogP contribution in [0, 0.1) is 0 Å². The minimum absolute atomic E-state index is 0.0334. The van der Waals surface area contributed by atoms with Gasteiger partial charge in [-0.15, -0.1) is 0 Å². The maximum Gasteiger partial charge on any atom is 0.326 e. The standard InChI is InChI=1S/C21H29N5O9S/c22-12(7-10-1-3-11(27)4-2-10)18(31)26-15(9-36)20(33)25-14(8-17(29)30)19(32)24-13(21(34)35)5-6-16(23)28/h1-4,12-15,27,36H,5-9,22H2,(H2,23,28)(H,24,32)(H,25,33)(H,26,31)(H,29,30)(H,34,35). The Morgan fingerprint density at radius 1 is 0.861 bits per heavy atom. The van der Waals surface area contributed by atoms with E-state index in [1.54, 1.807) is 12.1 Å². The summed E-state index contributed by atoms with van der Waals surface area (Å²) < 4.78 is 0. The second-order valence-corrected chi connectivity index (χ2v) is 8.15. The highest BCUT2D eigenvalue weighted by Gasteiger charge is 2.31. The summed E-state index contributed by atoms with van der Waals surface area (Å²) in [6, 6.07) is 0.320. The minimum atomic E-state index is -1.70. The number of aromatic hydroxyl groups is 1. The van der Waals surface area contributed by atoms with Gasteiger partial charge in [0.25, 0.3) is 0 Å². The monoisotopic (exact) mass is 527 g/mol. The van der Waals surface area contributed by atoms with Crippen molar-refractivity contribution < 1.29 is 44.1 Å². The van der Waals surface area contributed by atoms with Crippen molar-refractivity contribution in [2.45, 2.75) is 49.9 Å². The number of hydrogen-bond donors (Lipinski definition) is 9. The van der Waals surface area contributed by atoms with E-state index in [1.807, 2.05) is 0 Å². The first-order valence-electron chi connectivity index (χ1n) is 10.6. The van der Waals surface area contributed by atoms with E-state index < -0.39 is 66.2 Å². The number of carbonyl (C=O) groups is 6. The zero-order valence-corrected chi connectivity index (χ0v) is 19.9. The van der Waals surface area contributed by atoms with Gasteiger partial charge in [0.2, 0.25) is 23.6 Å². The van der Waals surface area contributed by atoms with Crippen LogP contribution in [0.4, 0.5) is 0 Å². The van der Waals surface area contributed by atoms with E-state index in [0.29, 0.717) is 5.56 Å². The number of primary amides is 1. The summed E-state index contributed by atoms with van der Waals surface area (Å²) in [5, 5.41) is 34.2. The van der Waals surface area contributed by atoms with Gasteiger partial charge in [-0.2, -0.15) is 12.6 Å². The van der Waals surface area contributed by atoms with Crippen LogP contribution in [0.3, 0.4) is 0 Å². The first kappa shape index (κ1) is 30.2. The summed E-state index contributed by atoms with van der Waals surface area (Å²) >= 11 is 4.00. The molecule has 4 amide bonds. The molecule has 14 nitrogen and oxygen atoms in total. The molecule has 15 heteroatoms. The van der Waals surface area contributed by atoms with Crippen molar-refractivity contribution in [3.05, 3.63) is 29.8 Å². The first-order chi connectivity index (χ1) is 16.8. The van der Waals surface area contributed by atoms with Crippen molar-refractivity contribution in [3.8, 4) is 5.75 Å². The van der Waals surface area contributed by atoms with Gasteiger partial charge >= 0.3 is 11.9 Å². The lowest BCUT2D eigenvalue weighted by molar-refractivity contribution is -0.143. The van der Waals surface area contributed by atoms with Gasteiger partial charge in [0.15, 0.2) is 0 Å². The van der Waals surface area contributed by atoms with Gasteiger partial charge in [-0.1, -0.05) is 12.1 Å². The molecule has 0 saturated heterocycles. The number of carbonyl (C=O) groups excluding carboxylic acids is 4. The topological polar surface area (TPSA) is 251 Å². The molecule has 0 bridgehead atoms. The second kappa shape index (κ2) is 14.5. The Balaban J connectivity index is 2.84. The molecule has 0 spiro atoms. The van der Waals surface area contributed by atoms with Gasteiger partial charge in [-0.3, -0.25) is 24.0 Å². The lowest BCUT2D eigenvalue weighted by atomic mass is 10.1. The molecule has 0 radical (unpaired) electrons. The Morgan fingerprint density at radius 2 is 1.39 bits per heavy atom. The normalized spacial score (nSPS) is 13.9. The molecular formula is C21H29N5O9S. The molecule has 0 aliphatic heterocycles. The quantitative estimate of drug-likeness (QED) is 0.108. The van der Waals surface area contributed by atoms with E-state index >= 15 is 0 Å². The van der Waals surface area contributed by atoms with Gasteiger partial charge in [-0.25, -0.2) is 4.79 Å². The molecule has 4 atom stereocenters. The molecular weight excluding hydrogens is 498 g/mol. The number of phenols is 1. The highest BCUT2D eigenvalue weighted by molar-refractivity contribution is 7.80. The van der Waals surface area contributed by atoms with Crippen molar-refractivity contribution in [1.29, 1.82) is 0 Å². The molecule has 198 valence electrons. The third kappa shape index (κ3) is 10.6. The lowest BCUT2D eigenvalue weighted by Gasteiger charge is -2.23. The molecule has 1 aromatic carbocycles. The largest absolute Gasteiger partial charge is 0.508 e. The summed E-state index contributed by atoms with van der Waals surface area (Å²) in [5.41, 5.74) is 11.5. The molecule has 0 heterocycles. The number of nitrogens with one attached hydrogen (secondary N) is 3. The number of nitrogens with two attached hydrogens (primary N) is 2. The Bertz CT molecular complexity index is 973. The van der Waals surface area contributed by atoms with Gasteiger partial charge in [0.1, 0.15) is 23.9 Å². The zero-order valence-electron chi connectivity index (χ0n) is 19.0. The van der Waals surface area contributed by atoms with E-state index in [4.69, 9.17) is 16.6 Å². The van der Waals surface area contributed by atoms with Gasteiger partial charge < -0.3 is 42.7 Å². The van der Waals surface area contributed by atoms with Gasteiger partial charge in [0, 0.05) is 12.2 Å². The Morgan fingerprint density at radius 3 is 1.89 bits per heavy atom. The van der Waals surface area contributed by atoms with Crippen LogP contribution in [0.15, 0.2) is 24.3 Å². The van der Waals surface area contributed by atoms with Crippen LogP contribution in [0.1, 0.15) is 24.8 Å². The van der Waals surface area contributed by atoms with Crippen LogP contribution in [0.2, 0.25) is 0 Å². The third-order valence-corrected chi connectivity index (χ3v) is 5.22. The fourth-order valence-corrected chi connectivity index (χ4v) is 3.18. The Hall–Kier alpha value is -3.85. The average Bonchev–Trinajstić information content (AvgIpc) is 2.79. The van der Waals surface area contributed by atoms with Crippen LogP contribution >= 0.6 is 12.6 Å². The number of aliphatic carboxylic acids is 2. The maximum atomic E-state index is 12.7. The molecule has 0 aliphatic rings. The van der Waals surface area contributed by atoms with Crippen LogP contribution < -0.4 is 27.4 Å². The van der Waals surface area contributed by atoms with Crippen LogP contribution in [0.25, 0.3) is 0 Å². The summed E-state index contributed by atoms with van der Waals surface area (Å²) in [6.45, 7) is 0. The first-order valence-corrected chi connectivity index (χ1v) is 11.3. The van der Waals surface area contributed by atoms with Gasteiger partial charge in [0.05, 0.1) is 12.5 Å². The summed E-state index contributed by atoms with van der Waals surface area (Å²) in [7, 11) is 0. The number of carboxylic acids is 2. The summed E-state index contributed by atoms with van der Waals surface area (Å²) in [4.78, 5) is 71.1. The highest BCUT2D eigenvalue weighted by Crippen LogP contribution is 2.11. The molecule has 36 heavy (non-hydrogen) atoms. The zero-order chi connectivity index (χ0) is 27.4. The highest BCUT2D eigenvalue weighted by atomic mass is 32.1.